The van der Waals surface area contributed by atoms with E-state index in [1.54, 1.807) is 35.2 Å². The van der Waals surface area contributed by atoms with Gasteiger partial charge < -0.3 is 19.9 Å². The first kappa shape index (κ1) is 25.8. The Labute approximate surface area is 232 Å². The molecule has 2 unspecified atom stereocenters. The first-order chi connectivity index (χ1) is 19.5. The van der Waals surface area contributed by atoms with E-state index in [2.05, 4.69) is 5.32 Å². The molecule has 2 amide bonds. The third kappa shape index (κ3) is 4.74. The molecule has 3 aliphatic rings. The zero-order chi connectivity index (χ0) is 27.8. The highest BCUT2D eigenvalue weighted by molar-refractivity contribution is 6.14. The summed E-state index contributed by atoms with van der Waals surface area (Å²) in [5, 5.41) is 3.49. The van der Waals surface area contributed by atoms with Crippen molar-refractivity contribution < 1.29 is 23.9 Å². The lowest BCUT2D eigenvalue weighted by Crippen LogP contribution is -2.51. The highest BCUT2D eigenvalue weighted by Gasteiger charge is 2.40. The number of hydrogen-bond donors (Lipinski definition) is 1. The summed E-state index contributed by atoms with van der Waals surface area (Å²) in [6.07, 6.45) is 1.96. The van der Waals surface area contributed by atoms with Crippen molar-refractivity contribution in [2.75, 3.05) is 38.6 Å². The molecule has 8 heteroatoms. The zero-order valence-corrected chi connectivity index (χ0v) is 22.3. The van der Waals surface area contributed by atoms with Crippen molar-refractivity contribution >= 4 is 29.3 Å². The predicted octanol–water partition coefficient (Wildman–Crippen LogP) is 4.30. The maximum Gasteiger partial charge on any atom is 0.338 e. The Kier molecular flexibility index (Phi) is 6.84. The quantitative estimate of drug-likeness (QED) is 0.488. The number of ether oxygens (including phenoxy) is 1. The van der Waals surface area contributed by atoms with E-state index in [4.69, 9.17) is 4.74 Å². The van der Waals surface area contributed by atoms with Crippen LogP contribution >= 0.6 is 0 Å². The SMILES string of the molecule is COC(=O)c1cccc2c1C(=O)C(c1ccccc1)C(c1ccc(C(=O)N3CCN(C(=O)C4CC4)CC3)cc1)N2. The van der Waals surface area contributed by atoms with Crippen LogP contribution in [-0.2, 0) is 9.53 Å². The highest BCUT2D eigenvalue weighted by Crippen LogP contribution is 2.43. The largest absolute Gasteiger partial charge is 0.465 e. The summed E-state index contributed by atoms with van der Waals surface area (Å²) in [5.74, 6) is -0.959. The van der Waals surface area contributed by atoms with Gasteiger partial charge in [-0.25, -0.2) is 4.79 Å². The third-order valence-electron chi connectivity index (χ3n) is 8.12. The third-order valence-corrected chi connectivity index (χ3v) is 8.12. The number of anilines is 1. The van der Waals surface area contributed by atoms with E-state index in [-0.39, 0.29) is 29.1 Å². The number of ketones is 1. The number of rotatable bonds is 5. The smallest absolute Gasteiger partial charge is 0.338 e. The fourth-order valence-electron chi connectivity index (χ4n) is 5.79. The Morgan fingerprint density at radius 2 is 1.48 bits per heavy atom. The number of nitrogens with one attached hydrogen (secondary N) is 1. The van der Waals surface area contributed by atoms with E-state index in [0.29, 0.717) is 43.0 Å². The van der Waals surface area contributed by atoms with Crippen LogP contribution in [0.25, 0.3) is 0 Å². The van der Waals surface area contributed by atoms with Crippen LogP contribution in [0.5, 0.6) is 0 Å². The van der Waals surface area contributed by atoms with Crippen LogP contribution in [0, 0.1) is 5.92 Å². The topological polar surface area (TPSA) is 96.0 Å². The molecule has 3 aromatic rings. The van der Waals surface area contributed by atoms with Gasteiger partial charge in [0.2, 0.25) is 5.91 Å². The van der Waals surface area contributed by atoms with Gasteiger partial charge in [-0.2, -0.15) is 0 Å². The van der Waals surface area contributed by atoms with Gasteiger partial charge in [0.15, 0.2) is 5.78 Å². The van der Waals surface area contributed by atoms with Crippen LogP contribution in [0.4, 0.5) is 5.69 Å². The van der Waals surface area contributed by atoms with Crippen LogP contribution in [0.3, 0.4) is 0 Å². The lowest BCUT2D eigenvalue weighted by molar-refractivity contribution is -0.134. The normalized spacial score (nSPS) is 20.4. The number of fused-ring (bicyclic) bond motifs is 1. The molecule has 0 aromatic heterocycles. The van der Waals surface area contributed by atoms with Crippen molar-refractivity contribution in [2.45, 2.75) is 24.8 Å². The Morgan fingerprint density at radius 3 is 2.12 bits per heavy atom. The maximum absolute atomic E-state index is 14.0. The van der Waals surface area contributed by atoms with Gasteiger partial charge in [-0.15, -0.1) is 0 Å². The van der Waals surface area contributed by atoms with Crippen molar-refractivity contribution in [1.29, 1.82) is 0 Å². The number of esters is 1. The monoisotopic (exact) mass is 537 g/mol. The Balaban J connectivity index is 1.26. The number of amides is 2. The summed E-state index contributed by atoms with van der Waals surface area (Å²) in [6.45, 7) is 2.18. The second-order valence-corrected chi connectivity index (χ2v) is 10.6. The summed E-state index contributed by atoms with van der Waals surface area (Å²) < 4.78 is 4.95. The van der Waals surface area contributed by atoms with Gasteiger partial charge >= 0.3 is 5.97 Å². The van der Waals surface area contributed by atoms with E-state index < -0.39 is 17.9 Å². The second kappa shape index (κ2) is 10.6. The maximum atomic E-state index is 14.0. The standard InChI is InChI=1S/C32H31N3O5/c1-40-32(39)24-8-5-9-25-27(24)29(36)26(20-6-3-2-4-7-20)28(33-25)21-10-12-22(13-11-21)30(37)34-16-18-35(19-17-34)31(38)23-14-15-23/h2-13,23,26,28,33H,14-19H2,1H3. The molecule has 2 fully saturated rings. The van der Waals surface area contributed by atoms with Crippen LogP contribution in [0.15, 0.2) is 72.8 Å². The summed E-state index contributed by atoms with van der Waals surface area (Å²) in [7, 11) is 1.30. The van der Waals surface area contributed by atoms with Gasteiger partial charge in [0.25, 0.3) is 5.91 Å². The van der Waals surface area contributed by atoms with Crippen molar-refractivity contribution in [3.05, 3.63) is 101 Å². The Bertz CT molecular complexity index is 1460. The molecule has 0 radical (unpaired) electrons. The minimum absolute atomic E-state index is 0.0644. The zero-order valence-electron chi connectivity index (χ0n) is 22.3. The lowest BCUT2D eigenvalue weighted by Gasteiger charge is -2.36. The second-order valence-electron chi connectivity index (χ2n) is 10.6. The molecule has 6 rings (SSSR count). The molecule has 1 N–H and O–H groups in total. The summed E-state index contributed by atoms with van der Waals surface area (Å²) >= 11 is 0. The van der Waals surface area contributed by atoms with Crippen LogP contribution in [-0.4, -0.2) is 66.7 Å². The minimum Gasteiger partial charge on any atom is -0.465 e. The highest BCUT2D eigenvalue weighted by atomic mass is 16.5. The first-order valence-corrected chi connectivity index (χ1v) is 13.7. The van der Waals surface area contributed by atoms with Gasteiger partial charge in [0.05, 0.1) is 30.2 Å². The number of hydrogen-bond acceptors (Lipinski definition) is 6. The Hall–Kier alpha value is -4.46. The molecular weight excluding hydrogens is 506 g/mol. The van der Waals surface area contributed by atoms with Gasteiger partial charge in [-0.05, 0) is 48.2 Å². The average molecular weight is 538 g/mol. The first-order valence-electron chi connectivity index (χ1n) is 13.7. The number of benzene rings is 3. The fourth-order valence-corrected chi connectivity index (χ4v) is 5.79. The summed E-state index contributed by atoms with van der Waals surface area (Å²) in [4.78, 5) is 55.8. The molecule has 0 bridgehead atoms. The average Bonchev–Trinajstić information content (AvgIpc) is 3.86. The summed E-state index contributed by atoms with van der Waals surface area (Å²) in [6, 6.07) is 21.6. The van der Waals surface area contributed by atoms with Crippen molar-refractivity contribution in [3.8, 4) is 0 Å². The number of carbonyl (C=O) groups excluding carboxylic acids is 4. The van der Waals surface area contributed by atoms with Gasteiger partial charge in [-0.3, -0.25) is 14.4 Å². The van der Waals surface area contributed by atoms with Gasteiger partial charge in [-0.1, -0.05) is 48.5 Å². The molecular formula is C32H31N3O5. The Morgan fingerprint density at radius 1 is 0.800 bits per heavy atom. The van der Waals surface area contributed by atoms with E-state index in [1.165, 1.54) is 7.11 Å². The van der Waals surface area contributed by atoms with E-state index in [9.17, 15) is 19.2 Å². The predicted molar refractivity (Wildman–Crippen MR) is 149 cm³/mol. The number of nitrogens with zero attached hydrogens (tertiary/aromatic N) is 2. The van der Waals surface area contributed by atoms with Crippen LogP contribution < -0.4 is 5.32 Å². The van der Waals surface area contributed by atoms with E-state index >= 15 is 0 Å². The van der Waals surface area contributed by atoms with Gasteiger partial charge in [0.1, 0.15) is 0 Å². The molecule has 2 atom stereocenters. The van der Waals surface area contributed by atoms with Crippen molar-refractivity contribution in [1.82, 2.24) is 9.80 Å². The molecule has 8 nitrogen and oxygen atoms in total. The van der Waals surface area contributed by atoms with E-state index in [1.807, 2.05) is 47.4 Å². The molecule has 2 aliphatic heterocycles. The number of Topliss-reactive ketones (excluding diaryl/α,β-unsaturated/α-hetero) is 1. The van der Waals surface area contributed by atoms with Gasteiger partial charge in [0, 0.05) is 43.3 Å². The number of piperazine rings is 1. The minimum atomic E-state index is -0.585. The van der Waals surface area contributed by atoms with Crippen LogP contribution in [0.1, 0.15) is 67.0 Å². The molecule has 204 valence electrons. The number of methoxy groups -OCH3 is 1. The molecule has 2 heterocycles. The van der Waals surface area contributed by atoms with Crippen LogP contribution in [0.2, 0.25) is 0 Å². The molecule has 1 saturated carbocycles. The van der Waals surface area contributed by atoms with E-state index in [0.717, 1.165) is 24.0 Å². The molecule has 40 heavy (non-hydrogen) atoms. The fraction of sp³-hybridized carbons (Fsp3) is 0.312. The van der Waals surface area contributed by atoms with Crippen molar-refractivity contribution in [2.24, 2.45) is 5.92 Å². The lowest BCUT2D eigenvalue weighted by atomic mass is 9.77. The molecule has 3 aromatic carbocycles. The number of carbonyl (C=O) groups is 4. The molecule has 0 spiro atoms. The van der Waals surface area contributed by atoms with Crippen molar-refractivity contribution in [3.63, 3.8) is 0 Å². The molecule has 1 aliphatic carbocycles. The summed E-state index contributed by atoms with van der Waals surface area (Å²) in [5.41, 5.74) is 3.38. The molecule has 1 saturated heterocycles.